The summed E-state index contributed by atoms with van der Waals surface area (Å²) in [7, 11) is 2.12. The summed E-state index contributed by atoms with van der Waals surface area (Å²) in [6, 6.07) is 0. The molecule has 1 saturated heterocycles. The van der Waals surface area contributed by atoms with Gasteiger partial charge in [0.15, 0.2) is 0 Å². The predicted octanol–water partition coefficient (Wildman–Crippen LogP) is 7.22. The maximum atomic E-state index is 12.6. The van der Waals surface area contributed by atoms with Crippen LogP contribution in [0.4, 0.5) is 0 Å². The van der Waals surface area contributed by atoms with E-state index in [4.69, 9.17) is 9.84 Å². The summed E-state index contributed by atoms with van der Waals surface area (Å²) >= 11 is 0. The van der Waals surface area contributed by atoms with Gasteiger partial charge < -0.3 is 14.7 Å². The number of likely N-dealkylation sites (tertiary alicyclic amines) is 1. The Balaban J connectivity index is 2.24. The molecule has 0 unspecified atom stereocenters. The second-order valence-corrected chi connectivity index (χ2v) is 10.4. The summed E-state index contributed by atoms with van der Waals surface area (Å²) < 4.78 is 5.82. The normalized spacial score (nSPS) is 16.1. The van der Waals surface area contributed by atoms with Gasteiger partial charge in [-0.05, 0) is 58.2 Å². The van der Waals surface area contributed by atoms with E-state index in [0.717, 1.165) is 51.6 Å². The van der Waals surface area contributed by atoms with Crippen molar-refractivity contribution in [1.29, 1.82) is 0 Å². The van der Waals surface area contributed by atoms with Gasteiger partial charge in [-0.3, -0.25) is 9.59 Å². The van der Waals surface area contributed by atoms with Crippen LogP contribution in [-0.2, 0) is 14.3 Å². The van der Waals surface area contributed by atoms with Gasteiger partial charge in [0, 0.05) is 6.42 Å². The zero-order chi connectivity index (χ0) is 24.2. The van der Waals surface area contributed by atoms with E-state index in [1.807, 2.05) is 0 Å². The Hall–Kier alpha value is -1.10. The highest BCUT2D eigenvalue weighted by Crippen LogP contribution is 2.22. The van der Waals surface area contributed by atoms with Crippen LogP contribution in [0.1, 0.15) is 129 Å². The second-order valence-electron chi connectivity index (χ2n) is 10.4. The first-order valence-corrected chi connectivity index (χ1v) is 14.1. The number of carbonyl (C=O) groups is 2. The highest BCUT2D eigenvalue weighted by atomic mass is 16.5. The van der Waals surface area contributed by atoms with Crippen LogP contribution in [0.15, 0.2) is 0 Å². The van der Waals surface area contributed by atoms with E-state index in [9.17, 15) is 9.59 Å². The highest BCUT2D eigenvalue weighted by Gasteiger charge is 2.25. The molecule has 0 saturated carbocycles. The number of carboxylic acids is 1. The van der Waals surface area contributed by atoms with Crippen molar-refractivity contribution >= 4 is 11.9 Å². The van der Waals surface area contributed by atoms with Crippen LogP contribution >= 0.6 is 0 Å². The highest BCUT2D eigenvalue weighted by molar-refractivity contribution is 5.72. The molecule has 0 bridgehead atoms. The molecule has 0 aromatic carbocycles. The van der Waals surface area contributed by atoms with Gasteiger partial charge >= 0.3 is 11.9 Å². The van der Waals surface area contributed by atoms with Gasteiger partial charge in [0.25, 0.3) is 0 Å². The summed E-state index contributed by atoms with van der Waals surface area (Å²) in [6.07, 6.45) is 21.6. The lowest BCUT2D eigenvalue weighted by molar-refractivity contribution is -0.151. The minimum atomic E-state index is -0.686. The third-order valence-corrected chi connectivity index (χ3v) is 7.23. The Kier molecular flexibility index (Phi) is 18.4. The fourth-order valence-electron chi connectivity index (χ4n) is 4.86. The van der Waals surface area contributed by atoms with E-state index in [1.165, 1.54) is 77.0 Å². The first-order chi connectivity index (χ1) is 16.0. The van der Waals surface area contributed by atoms with Crippen LogP contribution in [0.3, 0.4) is 0 Å². The van der Waals surface area contributed by atoms with Crippen molar-refractivity contribution in [3.8, 4) is 0 Å². The van der Waals surface area contributed by atoms with Gasteiger partial charge in [0.1, 0.15) is 0 Å². The Bertz CT molecular complexity index is 488. The quantitative estimate of drug-likeness (QED) is 0.142. The molecule has 1 fully saturated rings. The second kappa shape index (κ2) is 20.3. The monoisotopic (exact) mass is 467 g/mol. The average Bonchev–Trinajstić information content (AvgIpc) is 2.80. The average molecular weight is 468 g/mol. The number of piperidine rings is 1. The number of rotatable bonds is 21. The molecular formula is C28H53NO4. The summed E-state index contributed by atoms with van der Waals surface area (Å²) in [5, 5.41) is 8.71. The topological polar surface area (TPSA) is 66.8 Å². The zero-order valence-corrected chi connectivity index (χ0v) is 21.8. The molecule has 0 aliphatic carbocycles. The maximum Gasteiger partial charge on any atom is 0.309 e. The van der Waals surface area contributed by atoms with E-state index in [1.54, 1.807) is 0 Å². The molecule has 0 radical (unpaired) electrons. The molecule has 1 heterocycles. The molecule has 0 aromatic rings. The summed E-state index contributed by atoms with van der Waals surface area (Å²) in [4.78, 5) is 25.4. The number of hydrogen-bond donors (Lipinski definition) is 1. The summed E-state index contributed by atoms with van der Waals surface area (Å²) in [5.74, 6) is -0.0702. The lowest BCUT2D eigenvalue weighted by atomic mass is 9.94. The van der Waals surface area contributed by atoms with Crippen molar-refractivity contribution in [2.75, 3.05) is 26.7 Å². The van der Waals surface area contributed by atoms with E-state index in [-0.39, 0.29) is 11.9 Å². The van der Waals surface area contributed by atoms with E-state index in [0.29, 0.717) is 18.9 Å². The largest absolute Gasteiger partial charge is 0.481 e. The Labute approximate surface area is 204 Å². The van der Waals surface area contributed by atoms with Crippen molar-refractivity contribution in [3.63, 3.8) is 0 Å². The molecular weight excluding hydrogens is 414 g/mol. The summed E-state index contributed by atoms with van der Waals surface area (Å²) in [5.41, 5.74) is 0. The molecule has 194 valence electrons. The standard InChI is InChI=1S/C28H53NO4/c1-3-4-5-6-7-8-11-14-17-25(18-15-12-9-10-13-16-19-27(30)31)24-33-28(32)26-20-22-29(2)23-21-26/h25-26H,3-24H2,1-2H3,(H,30,31)/t25-/m1/s1. The molecule has 5 heteroatoms. The number of aliphatic carboxylic acids is 1. The van der Waals surface area contributed by atoms with E-state index < -0.39 is 5.97 Å². The lowest BCUT2D eigenvalue weighted by Gasteiger charge is -2.28. The Morgan fingerprint density at radius 1 is 0.818 bits per heavy atom. The van der Waals surface area contributed by atoms with Crippen LogP contribution in [0.2, 0.25) is 0 Å². The lowest BCUT2D eigenvalue weighted by Crippen LogP contribution is -2.34. The van der Waals surface area contributed by atoms with Crippen molar-refractivity contribution < 1.29 is 19.4 Å². The van der Waals surface area contributed by atoms with E-state index >= 15 is 0 Å². The molecule has 0 spiro atoms. The molecule has 0 aromatic heterocycles. The molecule has 0 amide bonds. The first-order valence-electron chi connectivity index (χ1n) is 14.1. The number of nitrogens with zero attached hydrogens (tertiary/aromatic N) is 1. The van der Waals surface area contributed by atoms with Crippen molar-refractivity contribution in [1.82, 2.24) is 4.90 Å². The van der Waals surface area contributed by atoms with Crippen LogP contribution in [0.5, 0.6) is 0 Å². The van der Waals surface area contributed by atoms with Crippen LogP contribution in [0.25, 0.3) is 0 Å². The van der Waals surface area contributed by atoms with Crippen molar-refractivity contribution in [3.05, 3.63) is 0 Å². The van der Waals surface area contributed by atoms with Crippen LogP contribution in [-0.4, -0.2) is 48.7 Å². The summed E-state index contributed by atoms with van der Waals surface area (Å²) in [6.45, 7) is 4.85. The fourth-order valence-corrected chi connectivity index (χ4v) is 4.86. The smallest absolute Gasteiger partial charge is 0.309 e. The molecule has 5 nitrogen and oxygen atoms in total. The van der Waals surface area contributed by atoms with Gasteiger partial charge in [-0.1, -0.05) is 90.4 Å². The zero-order valence-electron chi connectivity index (χ0n) is 21.8. The number of esters is 1. The van der Waals surface area contributed by atoms with Gasteiger partial charge in [-0.25, -0.2) is 0 Å². The number of carbonyl (C=O) groups excluding carboxylic acids is 1. The third kappa shape index (κ3) is 17.1. The van der Waals surface area contributed by atoms with Crippen LogP contribution < -0.4 is 0 Å². The van der Waals surface area contributed by atoms with Gasteiger partial charge in [0.05, 0.1) is 12.5 Å². The number of unbranched alkanes of at least 4 members (excludes halogenated alkanes) is 12. The van der Waals surface area contributed by atoms with E-state index in [2.05, 4.69) is 18.9 Å². The van der Waals surface area contributed by atoms with Crippen LogP contribution in [0, 0.1) is 11.8 Å². The molecule has 33 heavy (non-hydrogen) atoms. The minimum Gasteiger partial charge on any atom is -0.481 e. The molecule has 1 N–H and O–H groups in total. The van der Waals surface area contributed by atoms with Crippen molar-refractivity contribution in [2.45, 2.75) is 129 Å². The van der Waals surface area contributed by atoms with Gasteiger partial charge in [-0.15, -0.1) is 0 Å². The third-order valence-electron chi connectivity index (χ3n) is 7.23. The fraction of sp³-hybridized carbons (Fsp3) is 0.929. The Morgan fingerprint density at radius 3 is 1.82 bits per heavy atom. The van der Waals surface area contributed by atoms with Gasteiger partial charge in [-0.2, -0.15) is 0 Å². The number of hydrogen-bond acceptors (Lipinski definition) is 4. The Morgan fingerprint density at radius 2 is 1.30 bits per heavy atom. The molecule has 1 atom stereocenters. The molecule has 1 aliphatic rings. The number of carboxylic acid groups (broad SMARTS) is 1. The number of ether oxygens (including phenoxy) is 1. The SMILES string of the molecule is CCCCCCCCCC[C@H](CCCCCCCCC(=O)O)COC(=O)C1CCN(C)CC1. The first kappa shape index (κ1) is 29.9. The minimum absolute atomic E-state index is 0.0301. The van der Waals surface area contributed by atoms with Gasteiger partial charge in [0.2, 0.25) is 0 Å². The molecule has 1 rings (SSSR count). The maximum absolute atomic E-state index is 12.6. The molecule has 1 aliphatic heterocycles. The van der Waals surface area contributed by atoms with Crippen molar-refractivity contribution in [2.24, 2.45) is 11.8 Å². The predicted molar refractivity (Wildman–Crippen MR) is 136 cm³/mol.